The number of piperidine rings is 2. The molecule has 3 aliphatic heterocycles. The summed E-state index contributed by atoms with van der Waals surface area (Å²) >= 11 is 0. The van der Waals surface area contributed by atoms with Crippen LogP contribution in [0.15, 0.2) is 85.2 Å². The standard InChI is InChI=1S/C36H37N7O6S/c1-3-49-34(45)26-12-18-41(19-13-26)50(47,48)42-22-29-30(23-42)33(29)43-32(20-31(44)25-6-4-24(21-37)5-7-25)40(2)36(35(43)46,27-8-14-38-15-9-27)28-10-16-39-17-11-28/h4-11,14-17,20,26,29-30,33H,3,12-13,18-19,22-23H2,1-2H3/t29-,30+,33+. The molecule has 1 amide bonds. The third-order valence-corrected chi connectivity index (χ3v) is 12.5. The van der Waals surface area contributed by atoms with Crippen LogP contribution in [0.3, 0.4) is 0 Å². The van der Waals surface area contributed by atoms with E-state index in [-0.39, 0.29) is 74.2 Å². The van der Waals surface area contributed by atoms with Crippen LogP contribution in [0.4, 0.5) is 0 Å². The summed E-state index contributed by atoms with van der Waals surface area (Å²) < 4.78 is 35.6. The molecule has 14 heteroatoms. The lowest BCUT2D eigenvalue weighted by molar-refractivity contribution is -0.149. The number of nitrogens with zero attached hydrogens (tertiary/aromatic N) is 7. The average Bonchev–Trinajstić information content (AvgIpc) is 3.50. The molecule has 0 radical (unpaired) electrons. The second-order valence-corrected chi connectivity index (χ2v) is 15.0. The maximum Gasteiger partial charge on any atom is 0.309 e. The van der Waals surface area contributed by atoms with E-state index >= 15 is 4.79 Å². The SMILES string of the molecule is CCOC(=O)C1CCN(S(=O)(=O)N2C[C@@H]3[C@H](C2)[C@H]3N2C(=O)C(c3ccncc3)(c3ccncc3)N(C)C2=CC(=O)c2ccc(C#N)cc2)CC1. The van der Waals surface area contributed by atoms with Gasteiger partial charge in [0.05, 0.1) is 24.2 Å². The van der Waals surface area contributed by atoms with Gasteiger partial charge < -0.3 is 9.64 Å². The first kappa shape index (κ1) is 33.5. The van der Waals surface area contributed by atoms with Crippen molar-refractivity contribution in [3.63, 3.8) is 0 Å². The first-order valence-electron chi connectivity index (χ1n) is 16.7. The fourth-order valence-electron chi connectivity index (χ4n) is 7.88. The van der Waals surface area contributed by atoms with Crippen molar-refractivity contribution in [2.75, 3.05) is 39.8 Å². The molecule has 1 aliphatic carbocycles. The molecule has 5 heterocycles. The summed E-state index contributed by atoms with van der Waals surface area (Å²) in [5.41, 5.74) is 0.752. The maximum absolute atomic E-state index is 15.1. The smallest absolute Gasteiger partial charge is 0.309 e. The summed E-state index contributed by atoms with van der Waals surface area (Å²) in [6.45, 7) is 2.98. The molecule has 258 valence electrons. The zero-order chi connectivity index (χ0) is 35.2. The summed E-state index contributed by atoms with van der Waals surface area (Å²) in [4.78, 5) is 52.9. The summed E-state index contributed by atoms with van der Waals surface area (Å²) in [7, 11) is -2.00. The van der Waals surface area contributed by atoms with E-state index < -0.39 is 15.7 Å². The Bertz CT molecular complexity index is 1920. The van der Waals surface area contributed by atoms with Crippen LogP contribution in [0.25, 0.3) is 0 Å². The van der Waals surface area contributed by atoms with Crippen LogP contribution in [0, 0.1) is 29.1 Å². The van der Waals surface area contributed by atoms with Crippen molar-refractivity contribution in [1.29, 1.82) is 5.26 Å². The lowest BCUT2D eigenvalue weighted by Gasteiger charge is -2.35. The van der Waals surface area contributed by atoms with E-state index in [0.29, 0.717) is 40.9 Å². The molecule has 2 aromatic heterocycles. The Morgan fingerprint density at radius 1 is 0.940 bits per heavy atom. The number of nitriles is 1. The Morgan fingerprint density at radius 2 is 1.50 bits per heavy atom. The van der Waals surface area contributed by atoms with Gasteiger partial charge in [0.25, 0.3) is 16.1 Å². The summed E-state index contributed by atoms with van der Waals surface area (Å²) in [5.74, 6) is -1.08. The van der Waals surface area contributed by atoms with Gasteiger partial charge in [-0.15, -0.1) is 0 Å². The van der Waals surface area contributed by atoms with Crippen molar-refractivity contribution in [1.82, 2.24) is 28.4 Å². The van der Waals surface area contributed by atoms with Gasteiger partial charge in [-0.3, -0.25) is 29.3 Å². The van der Waals surface area contributed by atoms with Gasteiger partial charge in [-0.1, -0.05) is 0 Å². The molecule has 3 atom stereocenters. The van der Waals surface area contributed by atoms with E-state index in [4.69, 9.17) is 4.74 Å². The average molecular weight is 696 g/mol. The Kier molecular flexibility index (Phi) is 8.75. The molecule has 3 aromatic rings. The lowest BCUT2D eigenvalue weighted by Crippen LogP contribution is -2.49. The Balaban J connectivity index is 1.20. The molecule has 1 aromatic carbocycles. The quantitative estimate of drug-likeness (QED) is 0.185. The van der Waals surface area contributed by atoms with Gasteiger partial charge in [-0.2, -0.15) is 22.3 Å². The van der Waals surface area contributed by atoms with Gasteiger partial charge in [-0.05, 0) is 79.4 Å². The molecular weight excluding hydrogens is 659 g/mol. The van der Waals surface area contributed by atoms with Gasteiger partial charge in [0, 0.05) is 87.5 Å². The minimum atomic E-state index is -3.78. The zero-order valence-electron chi connectivity index (χ0n) is 27.8. The van der Waals surface area contributed by atoms with Crippen LogP contribution in [-0.2, 0) is 30.1 Å². The van der Waals surface area contributed by atoms with E-state index in [1.807, 2.05) is 4.90 Å². The maximum atomic E-state index is 15.1. The molecule has 1 saturated carbocycles. The largest absolute Gasteiger partial charge is 0.466 e. The first-order chi connectivity index (χ1) is 24.1. The molecule has 0 N–H and O–H groups in total. The van der Waals surface area contributed by atoms with E-state index in [1.54, 1.807) is 92.2 Å². The van der Waals surface area contributed by atoms with Crippen molar-refractivity contribution in [3.8, 4) is 6.07 Å². The monoisotopic (exact) mass is 695 g/mol. The number of fused-ring (bicyclic) bond motifs is 1. The van der Waals surface area contributed by atoms with Crippen LogP contribution in [0.1, 0.15) is 46.8 Å². The van der Waals surface area contributed by atoms with E-state index in [2.05, 4.69) is 16.0 Å². The highest BCUT2D eigenvalue weighted by Gasteiger charge is 2.68. The van der Waals surface area contributed by atoms with Crippen molar-refractivity contribution in [2.24, 2.45) is 17.8 Å². The molecule has 0 spiro atoms. The second kappa shape index (κ2) is 13.1. The van der Waals surface area contributed by atoms with E-state index in [9.17, 15) is 23.3 Å². The number of rotatable bonds is 9. The summed E-state index contributed by atoms with van der Waals surface area (Å²) in [6.07, 6.45) is 8.76. The van der Waals surface area contributed by atoms with E-state index in [1.165, 1.54) is 14.7 Å². The van der Waals surface area contributed by atoms with Gasteiger partial charge in [0.15, 0.2) is 11.3 Å². The van der Waals surface area contributed by atoms with Crippen LogP contribution >= 0.6 is 0 Å². The highest BCUT2D eigenvalue weighted by atomic mass is 32.2. The number of amides is 1. The van der Waals surface area contributed by atoms with Crippen molar-refractivity contribution in [3.05, 3.63) is 107 Å². The molecule has 4 fully saturated rings. The molecule has 13 nitrogen and oxygen atoms in total. The van der Waals surface area contributed by atoms with Gasteiger partial charge in [0.1, 0.15) is 5.82 Å². The minimum absolute atomic E-state index is 0.140. The Morgan fingerprint density at radius 3 is 2.02 bits per heavy atom. The van der Waals surface area contributed by atoms with Crippen LogP contribution < -0.4 is 0 Å². The van der Waals surface area contributed by atoms with Crippen molar-refractivity contribution < 1.29 is 27.5 Å². The molecular formula is C36H37N7O6S. The number of pyridine rings is 2. The number of benzene rings is 1. The number of aromatic nitrogens is 2. The zero-order valence-corrected chi connectivity index (χ0v) is 28.6. The lowest BCUT2D eigenvalue weighted by atomic mass is 9.82. The fourth-order valence-corrected chi connectivity index (χ4v) is 9.60. The van der Waals surface area contributed by atoms with Gasteiger partial charge in [-0.25, -0.2) is 0 Å². The Labute approximate surface area is 290 Å². The van der Waals surface area contributed by atoms with Crippen molar-refractivity contribution >= 4 is 27.9 Å². The number of esters is 1. The first-order valence-corrected chi connectivity index (χ1v) is 18.1. The predicted octanol–water partition coefficient (Wildman–Crippen LogP) is 2.54. The number of ether oxygens (including phenoxy) is 1. The van der Waals surface area contributed by atoms with Gasteiger partial charge in [0.2, 0.25) is 0 Å². The molecule has 4 aliphatic rings. The predicted molar refractivity (Wildman–Crippen MR) is 180 cm³/mol. The highest BCUT2D eigenvalue weighted by Crippen LogP contribution is 2.56. The number of likely N-dealkylation sites (N-methyl/N-ethyl adjacent to an activating group) is 1. The van der Waals surface area contributed by atoms with E-state index in [0.717, 1.165) is 0 Å². The number of hydrogen-bond acceptors (Lipinski definition) is 10. The normalized spacial score (nSPS) is 24.6. The number of ketones is 1. The summed E-state index contributed by atoms with van der Waals surface area (Å²) in [6, 6.07) is 15.2. The number of carbonyl (C=O) groups excluding carboxylic acids is 3. The molecule has 3 saturated heterocycles. The fraction of sp³-hybridized carbons (Fsp3) is 0.389. The van der Waals surface area contributed by atoms with Crippen LogP contribution in [0.5, 0.6) is 0 Å². The van der Waals surface area contributed by atoms with Crippen molar-refractivity contribution in [2.45, 2.75) is 31.3 Å². The number of hydrogen-bond donors (Lipinski definition) is 0. The Hall–Kier alpha value is -4.97. The molecule has 0 bridgehead atoms. The number of allylic oxidation sites excluding steroid dienone is 1. The number of carbonyl (C=O) groups is 3. The third-order valence-electron chi connectivity index (χ3n) is 10.5. The third kappa shape index (κ3) is 5.46. The second-order valence-electron chi connectivity index (χ2n) is 13.0. The molecule has 7 rings (SSSR count). The molecule has 50 heavy (non-hydrogen) atoms. The molecule has 0 unspecified atom stereocenters. The van der Waals surface area contributed by atoms with Gasteiger partial charge >= 0.3 is 5.97 Å². The van der Waals surface area contributed by atoms with Crippen LogP contribution in [0.2, 0.25) is 0 Å². The topological polar surface area (TPSA) is 157 Å². The van der Waals surface area contributed by atoms with Crippen LogP contribution in [-0.4, -0.2) is 100 Å². The highest BCUT2D eigenvalue weighted by molar-refractivity contribution is 7.86. The minimum Gasteiger partial charge on any atom is -0.466 e. The summed E-state index contributed by atoms with van der Waals surface area (Å²) in [5, 5.41) is 9.24.